The maximum atomic E-state index is 3.96. The van der Waals surface area contributed by atoms with Crippen molar-refractivity contribution in [3.63, 3.8) is 0 Å². The largest absolute Gasteiger partial charge is 0.345 e. The van der Waals surface area contributed by atoms with Crippen LogP contribution in [0.15, 0.2) is 31.1 Å². The van der Waals surface area contributed by atoms with Gasteiger partial charge in [-0.15, -0.1) is 0 Å². The lowest BCUT2D eigenvalue weighted by molar-refractivity contribution is 1.26. The highest BCUT2D eigenvalue weighted by molar-refractivity contribution is 5.41. The van der Waals surface area contributed by atoms with Crippen molar-refractivity contribution in [2.45, 2.75) is 0 Å². The van der Waals surface area contributed by atoms with Gasteiger partial charge in [0.15, 0.2) is 0 Å². The average molecular weight is 120 g/mol. The molecule has 0 spiro atoms. The lowest BCUT2D eigenvalue weighted by Crippen LogP contribution is -1.70. The molecule has 1 heterocycles. The summed E-state index contributed by atoms with van der Waals surface area (Å²) >= 11 is 0. The van der Waals surface area contributed by atoms with Crippen LogP contribution in [0.4, 0.5) is 0 Å². The number of hydrogen-bond acceptors (Lipinski definition) is 1. The molecule has 0 aliphatic rings. The van der Waals surface area contributed by atoms with Crippen LogP contribution in [0.2, 0.25) is 0 Å². The van der Waals surface area contributed by atoms with Gasteiger partial charge in [-0.05, 0) is 6.08 Å². The molecule has 1 N–H and O–H groups in total. The van der Waals surface area contributed by atoms with Gasteiger partial charge in [-0.25, -0.2) is 4.98 Å². The van der Waals surface area contributed by atoms with Crippen LogP contribution < -0.4 is 0 Å². The first-order valence-electron chi connectivity index (χ1n) is 2.72. The molecule has 0 amide bonds. The molecule has 46 valence electrons. The molecule has 0 saturated carbocycles. The number of nitrogens with one attached hydrogen (secondary N) is 1. The molecule has 0 aromatic carbocycles. The summed E-state index contributed by atoms with van der Waals surface area (Å²) in [5.74, 6) is 0.856. The maximum Gasteiger partial charge on any atom is 0.129 e. The molecule has 0 saturated heterocycles. The van der Waals surface area contributed by atoms with Gasteiger partial charge in [0.05, 0.1) is 0 Å². The first-order valence-corrected chi connectivity index (χ1v) is 2.72. The number of aromatic nitrogens is 2. The molecule has 0 aliphatic heterocycles. The minimum absolute atomic E-state index is 0.856. The highest BCUT2D eigenvalue weighted by atomic mass is 14.9. The molecule has 1 rings (SSSR count). The lowest BCUT2D eigenvalue weighted by Gasteiger charge is -1.77. The number of rotatable bonds is 2. The summed E-state index contributed by atoms with van der Waals surface area (Å²) in [6.07, 6.45) is 8.89. The Labute approximate surface area is 53.9 Å². The minimum Gasteiger partial charge on any atom is -0.345 e. The molecular formula is C7H8N2. The predicted octanol–water partition coefficient (Wildman–Crippen LogP) is 1.61. The van der Waals surface area contributed by atoms with E-state index in [2.05, 4.69) is 16.5 Å². The van der Waals surface area contributed by atoms with E-state index in [0.717, 1.165) is 5.82 Å². The van der Waals surface area contributed by atoms with E-state index in [-0.39, 0.29) is 0 Å². The normalized spacial score (nSPS) is 10.2. The number of aromatic amines is 1. The standard InChI is InChI=1S/C7H8N2/c1-2-3-4-7-8-5-6-9-7/h2-6H,1H2,(H,8,9)/b4-3+. The van der Waals surface area contributed by atoms with Crippen molar-refractivity contribution >= 4 is 6.08 Å². The number of hydrogen-bond donors (Lipinski definition) is 1. The van der Waals surface area contributed by atoms with Crippen molar-refractivity contribution in [1.82, 2.24) is 9.97 Å². The average Bonchev–Trinajstić information content (AvgIpc) is 2.34. The lowest BCUT2D eigenvalue weighted by atomic mass is 10.5. The second-order valence-electron chi connectivity index (χ2n) is 1.57. The summed E-state index contributed by atoms with van der Waals surface area (Å²) in [5, 5.41) is 0. The van der Waals surface area contributed by atoms with Crippen LogP contribution in [-0.2, 0) is 0 Å². The van der Waals surface area contributed by atoms with E-state index in [1.54, 1.807) is 18.5 Å². The Hall–Kier alpha value is -1.31. The van der Waals surface area contributed by atoms with Crippen molar-refractivity contribution < 1.29 is 0 Å². The molecule has 1 aromatic heterocycles. The third-order valence-corrected chi connectivity index (χ3v) is 0.910. The third-order valence-electron chi connectivity index (χ3n) is 0.910. The van der Waals surface area contributed by atoms with Crippen molar-refractivity contribution in [3.05, 3.63) is 36.9 Å². The van der Waals surface area contributed by atoms with Gasteiger partial charge >= 0.3 is 0 Å². The zero-order chi connectivity index (χ0) is 6.53. The minimum atomic E-state index is 0.856. The number of nitrogens with zero attached hydrogens (tertiary/aromatic N) is 1. The molecule has 0 radical (unpaired) electrons. The number of H-pyrrole nitrogens is 1. The predicted molar refractivity (Wildman–Crippen MR) is 37.8 cm³/mol. The Kier molecular flexibility index (Phi) is 1.85. The van der Waals surface area contributed by atoms with E-state index in [0.29, 0.717) is 0 Å². The van der Waals surface area contributed by atoms with E-state index in [1.165, 1.54) is 0 Å². The fourth-order valence-corrected chi connectivity index (χ4v) is 0.528. The highest BCUT2D eigenvalue weighted by Crippen LogP contribution is 1.90. The summed E-state index contributed by atoms with van der Waals surface area (Å²) in [4.78, 5) is 6.89. The summed E-state index contributed by atoms with van der Waals surface area (Å²) in [6.45, 7) is 3.53. The summed E-state index contributed by atoms with van der Waals surface area (Å²) in [7, 11) is 0. The van der Waals surface area contributed by atoms with Crippen LogP contribution in [-0.4, -0.2) is 9.97 Å². The highest BCUT2D eigenvalue weighted by Gasteiger charge is 1.80. The van der Waals surface area contributed by atoms with Gasteiger partial charge in [-0.3, -0.25) is 0 Å². The SMILES string of the molecule is C=C/C=C/c1ncc[nH]1. The maximum absolute atomic E-state index is 3.96. The molecule has 0 bridgehead atoms. The van der Waals surface area contributed by atoms with Crippen molar-refractivity contribution in [2.24, 2.45) is 0 Å². The fourth-order valence-electron chi connectivity index (χ4n) is 0.528. The molecule has 2 heteroatoms. The van der Waals surface area contributed by atoms with Crippen molar-refractivity contribution in [1.29, 1.82) is 0 Å². The zero-order valence-corrected chi connectivity index (χ0v) is 5.04. The quantitative estimate of drug-likeness (QED) is 0.590. The number of allylic oxidation sites excluding steroid dienone is 2. The molecule has 0 aliphatic carbocycles. The summed E-state index contributed by atoms with van der Waals surface area (Å²) in [6, 6.07) is 0. The van der Waals surface area contributed by atoms with E-state index in [1.807, 2.05) is 12.2 Å². The van der Waals surface area contributed by atoms with Gasteiger partial charge in [-0.1, -0.05) is 18.7 Å². The van der Waals surface area contributed by atoms with Crippen LogP contribution in [0, 0.1) is 0 Å². The Morgan fingerprint density at radius 3 is 3.11 bits per heavy atom. The summed E-state index contributed by atoms with van der Waals surface area (Å²) in [5.41, 5.74) is 0. The molecule has 0 unspecified atom stereocenters. The second-order valence-corrected chi connectivity index (χ2v) is 1.57. The topological polar surface area (TPSA) is 28.7 Å². The number of imidazole rings is 1. The Balaban J connectivity index is 2.67. The van der Waals surface area contributed by atoms with Crippen LogP contribution in [0.3, 0.4) is 0 Å². The second kappa shape index (κ2) is 2.87. The first-order chi connectivity index (χ1) is 4.43. The smallest absolute Gasteiger partial charge is 0.129 e. The van der Waals surface area contributed by atoms with E-state index in [4.69, 9.17) is 0 Å². The molecule has 2 nitrogen and oxygen atoms in total. The van der Waals surface area contributed by atoms with E-state index < -0.39 is 0 Å². The molecule has 9 heavy (non-hydrogen) atoms. The van der Waals surface area contributed by atoms with Crippen molar-refractivity contribution in [3.8, 4) is 0 Å². The van der Waals surface area contributed by atoms with E-state index >= 15 is 0 Å². The van der Waals surface area contributed by atoms with Gasteiger partial charge in [-0.2, -0.15) is 0 Å². The van der Waals surface area contributed by atoms with Crippen LogP contribution in [0.25, 0.3) is 6.08 Å². The Morgan fingerprint density at radius 2 is 2.56 bits per heavy atom. The van der Waals surface area contributed by atoms with Crippen LogP contribution >= 0.6 is 0 Å². The van der Waals surface area contributed by atoms with Gasteiger partial charge in [0, 0.05) is 12.4 Å². The molecule has 1 aromatic rings. The van der Waals surface area contributed by atoms with Gasteiger partial charge < -0.3 is 4.98 Å². The van der Waals surface area contributed by atoms with Gasteiger partial charge in [0.2, 0.25) is 0 Å². The van der Waals surface area contributed by atoms with Crippen LogP contribution in [0.1, 0.15) is 5.82 Å². The van der Waals surface area contributed by atoms with E-state index in [9.17, 15) is 0 Å². The third kappa shape index (κ3) is 1.57. The Bertz CT molecular complexity index is 197. The fraction of sp³-hybridized carbons (Fsp3) is 0. The first kappa shape index (κ1) is 5.82. The van der Waals surface area contributed by atoms with Crippen molar-refractivity contribution in [2.75, 3.05) is 0 Å². The monoisotopic (exact) mass is 120 g/mol. The zero-order valence-electron chi connectivity index (χ0n) is 5.04. The molecular weight excluding hydrogens is 112 g/mol. The van der Waals surface area contributed by atoms with Gasteiger partial charge in [0.25, 0.3) is 0 Å². The Morgan fingerprint density at radius 1 is 1.67 bits per heavy atom. The summed E-state index contributed by atoms with van der Waals surface area (Å²) < 4.78 is 0. The molecule has 0 fully saturated rings. The van der Waals surface area contributed by atoms with Crippen LogP contribution in [0.5, 0.6) is 0 Å². The van der Waals surface area contributed by atoms with Gasteiger partial charge in [0.1, 0.15) is 5.82 Å². The molecule has 0 atom stereocenters.